The van der Waals surface area contributed by atoms with E-state index in [1.807, 2.05) is 30.9 Å². The Morgan fingerprint density at radius 1 is 1.17 bits per heavy atom. The predicted molar refractivity (Wildman–Crippen MR) is 86.7 cm³/mol. The number of likely N-dealkylation sites (N-methyl/N-ethyl adjacent to an activating group) is 1. The Hall–Kier alpha value is -2.30. The number of nitrogens with zero attached hydrogens (tertiary/aromatic N) is 2. The van der Waals surface area contributed by atoms with Crippen molar-refractivity contribution in [1.82, 2.24) is 15.1 Å². The first kappa shape index (κ1) is 14.3. The number of amides is 3. The van der Waals surface area contributed by atoms with E-state index in [-0.39, 0.29) is 18.0 Å². The molecule has 0 bridgehead atoms. The summed E-state index contributed by atoms with van der Waals surface area (Å²) < 4.78 is 0. The number of carbonyl (C=O) groups is 2. The summed E-state index contributed by atoms with van der Waals surface area (Å²) in [5.41, 5.74) is 4.89. The van der Waals surface area contributed by atoms with Gasteiger partial charge < -0.3 is 10.2 Å². The van der Waals surface area contributed by atoms with Crippen molar-refractivity contribution in [2.45, 2.75) is 38.8 Å². The normalized spacial score (nSPS) is 24.2. The quantitative estimate of drug-likeness (QED) is 0.911. The van der Waals surface area contributed by atoms with E-state index in [0.717, 1.165) is 35.2 Å². The molecule has 3 amide bonds. The summed E-state index contributed by atoms with van der Waals surface area (Å²) >= 11 is 0. The molecule has 5 nitrogen and oxygen atoms in total. The van der Waals surface area contributed by atoms with Crippen molar-refractivity contribution < 1.29 is 9.59 Å². The molecule has 2 heterocycles. The highest BCUT2D eigenvalue weighted by molar-refractivity contribution is 6.01. The molecule has 1 aliphatic carbocycles. The van der Waals surface area contributed by atoms with Gasteiger partial charge in [0.25, 0.3) is 5.91 Å². The Balaban J connectivity index is 1.79. The lowest BCUT2D eigenvalue weighted by molar-refractivity contribution is -0.126. The first-order chi connectivity index (χ1) is 11.0. The molecule has 1 saturated carbocycles. The fourth-order valence-corrected chi connectivity index (χ4v) is 3.65. The van der Waals surface area contributed by atoms with Crippen molar-refractivity contribution in [3.8, 4) is 0 Å². The van der Waals surface area contributed by atoms with Crippen LogP contribution in [0.3, 0.4) is 0 Å². The van der Waals surface area contributed by atoms with Gasteiger partial charge in [-0.25, -0.2) is 4.79 Å². The van der Waals surface area contributed by atoms with E-state index in [4.69, 9.17) is 0 Å². The smallest absolute Gasteiger partial charge is 0.322 e. The van der Waals surface area contributed by atoms with Gasteiger partial charge in [-0.15, -0.1) is 0 Å². The number of nitrogens with one attached hydrogen (secondary N) is 1. The Kier molecular flexibility index (Phi) is 3.01. The maximum atomic E-state index is 12.9. The van der Waals surface area contributed by atoms with E-state index >= 15 is 0 Å². The Morgan fingerprint density at radius 3 is 2.57 bits per heavy atom. The van der Waals surface area contributed by atoms with Crippen molar-refractivity contribution in [3.63, 3.8) is 0 Å². The van der Waals surface area contributed by atoms with Crippen LogP contribution < -0.4 is 5.32 Å². The van der Waals surface area contributed by atoms with Gasteiger partial charge in [-0.1, -0.05) is 23.8 Å². The van der Waals surface area contributed by atoms with Gasteiger partial charge in [0.15, 0.2) is 0 Å². The highest BCUT2D eigenvalue weighted by atomic mass is 16.2. The molecular weight excluding hydrogens is 290 g/mol. The molecule has 120 valence electrons. The van der Waals surface area contributed by atoms with Crippen molar-refractivity contribution >= 4 is 11.9 Å². The van der Waals surface area contributed by atoms with Gasteiger partial charge in [-0.05, 0) is 37.8 Å². The minimum absolute atomic E-state index is 0.0827. The summed E-state index contributed by atoms with van der Waals surface area (Å²) in [6, 6.07) is 6.03. The number of carbonyl (C=O) groups excluding carboxylic acids is 2. The molecule has 1 unspecified atom stereocenters. The average molecular weight is 311 g/mol. The van der Waals surface area contributed by atoms with Gasteiger partial charge >= 0.3 is 6.03 Å². The third-order valence-electron chi connectivity index (χ3n) is 5.11. The molecule has 0 aromatic heterocycles. The van der Waals surface area contributed by atoms with E-state index < -0.39 is 0 Å². The molecule has 1 fully saturated rings. The maximum Gasteiger partial charge on any atom is 0.322 e. The van der Waals surface area contributed by atoms with E-state index in [1.54, 1.807) is 11.9 Å². The molecule has 2 aliphatic heterocycles. The standard InChI is InChI=1S/C18H21N3O2/c1-10-4-7-13(11(2)8-10)16-15-14(20(3)18(23)19-16)9-21(17(15)22)12-5-6-12/h4,7-8,12,16H,5-6,9H2,1-3H3,(H,19,23). The molecule has 3 aliphatic rings. The van der Waals surface area contributed by atoms with Crippen LogP contribution in [0.1, 0.15) is 35.6 Å². The molecular formula is C18H21N3O2. The van der Waals surface area contributed by atoms with Crippen molar-refractivity contribution in [2.75, 3.05) is 13.6 Å². The number of hydrogen-bond acceptors (Lipinski definition) is 2. The van der Waals surface area contributed by atoms with Crippen LogP contribution in [0.25, 0.3) is 0 Å². The number of urea groups is 1. The van der Waals surface area contributed by atoms with Gasteiger partial charge in [0.05, 0.1) is 23.9 Å². The molecule has 1 aromatic carbocycles. The topological polar surface area (TPSA) is 52.7 Å². The Bertz CT molecular complexity index is 749. The largest absolute Gasteiger partial charge is 0.330 e. The predicted octanol–water partition coefficient (Wildman–Crippen LogP) is 2.26. The zero-order valence-corrected chi connectivity index (χ0v) is 13.7. The lowest BCUT2D eigenvalue weighted by Gasteiger charge is -2.31. The van der Waals surface area contributed by atoms with Gasteiger partial charge in [0.1, 0.15) is 0 Å². The third-order valence-corrected chi connectivity index (χ3v) is 5.11. The molecule has 0 radical (unpaired) electrons. The van der Waals surface area contributed by atoms with E-state index in [0.29, 0.717) is 12.6 Å². The molecule has 1 aromatic rings. The number of rotatable bonds is 2. The van der Waals surface area contributed by atoms with Crippen LogP contribution >= 0.6 is 0 Å². The van der Waals surface area contributed by atoms with Gasteiger partial charge in [-0.3, -0.25) is 9.69 Å². The monoisotopic (exact) mass is 311 g/mol. The first-order valence-electron chi connectivity index (χ1n) is 8.12. The summed E-state index contributed by atoms with van der Waals surface area (Å²) in [7, 11) is 1.74. The Morgan fingerprint density at radius 2 is 1.91 bits per heavy atom. The Labute approximate surface area is 135 Å². The maximum absolute atomic E-state index is 12.9. The van der Waals surface area contributed by atoms with Crippen LogP contribution in [0.5, 0.6) is 0 Å². The second-order valence-electron chi connectivity index (χ2n) is 6.83. The highest BCUT2D eigenvalue weighted by Gasteiger charge is 2.47. The second kappa shape index (κ2) is 4.85. The van der Waals surface area contributed by atoms with Gasteiger partial charge in [-0.2, -0.15) is 0 Å². The van der Waals surface area contributed by atoms with E-state index in [1.165, 1.54) is 5.56 Å². The number of aryl methyl sites for hydroxylation is 2. The summed E-state index contributed by atoms with van der Waals surface area (Å²) in [6.07, 6.45) is 2.15. The minimum atomic E-state index is -0.342. The zero-order valence-electron chi connectivity index (χ0n) is 13.7. The molecule has 23 heavy (non-hydrogen) atoms. The average Bonchev–Trinajstić information content (AvgIpc) is 3.27. The van der Waals surface area contributed by atoms with Crippen LogP contribution in [0.4, 0.5) is 4.79 Å². The van der Waals surface area contributed by atoms with E-state index in [2.05, 4.69) is 11.4 Å². The van der Waals surface area contributed by atoms with Crippen molar-refractivity contribution in [1.29, 1.82) is 0 Å². The van der Waals surface area contributed by atoms with E-state index in [9.17, 15) is 9.59 Å². The van der Waals surface area contributed by atoms with Gasteiger partial charge in [0.2, 0.25) is 0 Å². The fourth-order valence-electron chi connectivity index (χ4n) is 3.65. The summed E-state index contributed by atoms with van der Waals surface area (Å²) in [5.74, 6) is 0.0827. The van der Waals surface area contributed by atoms with Crippen LogP contribution in [0.15, 0.2) is 29.5 Å². The van der Waals surface area contributed by atoms with Crippen LogP contribution in [0.2, 0.25) is 0 Å². The van der Waals surface area contributed by atoms with Crippen LogP contribution in [0, 0.1) is 13.8 Å². The molecule has 4 rings (SSSR count). The van der Waals surface area contributed by atoms with Crippen LogP contribution in [-0.2, 0) is 4.79 Å². The zero-order chi connectivity index (χ0) is 16.3. The molecule has 1 N–H and O–H groups in total. The minimum Gasteiger partial charge on any atom is -0.330 e. The summed E-state index contributed by atoms with van der Waals surface area (Å²) in [5, 5.41) is 3.01. The van der Waals surface area contributed by atoms with Gasteiger partial charge in [0, 0.05) is 13.1 Å². The lowest BCUT2D eigenvalue weighted by atomic mass is 9.91. The van der Waals surface area contributed by atoms with Crippen LogP contribution in [-0.4, -0.2) is 41.4 Å². The van der Waals surface area contributed by atoms with Crippen molar-refractivity contribution in [2.24, 2.45) is 0 Å². The lowest BCUT2D eigenvalue weighted by Crippen LogP contribution is -2.45. The highest BCUT2D eigenvalue weighted by Crippen LogP contribution is 2.40. The number of benzene rings is 1. The van der Waals surface area contributed by atoms with Crippen molar-refractivity contribution in [3.05, 3.63) is 46.2 Å². The summed E-state index contributed by atoms with van der Waals surface area (Å²) in [6.45, 7) is 4.64. The summed E-state index contributed by atoms with van der Waals surface area (Å²) in [4.78, 5) is 28.8. The first-order valence-corrected chi connectivity index (χ1v) is 8.12. The third kappa shape index (κ3) is 2.14. The molecule has 0 spiro atoms. The second-order valence-corrected chi connectivity index (χ2v) is 6.83. The molecule has 0 saturated heterocycles. The SMILES string of the molecule is Cc1ccc(C2NC(=O)N(C)C3=C2C(=O)N(C2CC2)C3)c(C)c1. The molecule has 5 heteroatoms. The molecule has 1 atom stereocenters. The fraction of sp³-hybridized carbons (Fsp3) is 0.444. The number of hydrogen-bond donors (Lipinski definition) is 1.